The van der Waals surface area contributed by atoms with E-state index in [1.54, 1.807) is 24.0 Å². The van der Waals surface area contributed by atoms with Gasteiger partial charge in [-0.25, -0.2) is 10.3 Å². The van der Waals surface area contributed by atoms with Crippen molar-refractivity contribution in [1.82, 2.24) is 15.3 Å². The minimum absolute atomic E-state index is 0.448. The van der Waals surface area contributed by atoms with E-state index >= 15 is 0 Å². The molecule has 0 aromatic carbocycles. The Morgan fingerprint density at radius 1 is 1.75 bits per heavy atom. The summed E-state index contributed by atoms with van der Waals surface area (Å²) in [5.74, 6) is 0.479. The lowest BCUT2D eigenvalue weighted by Crippen LogP contribution is -2.27. The number of aromatic nitrogens is 2. The summed E-state index contributed by atoms with van der Waals surface area (Å²) in [5, 5.41) is 6.38. The molecule has 0 aliphatic rings. The number of amides is 2. The molecule has 0 bridgehead atoms. The molecule has 0 saturated carbocycles. The van der Waals surface area contributed by atoms with Gasteiger partial charge in [-0.15, -0.1) is 0 Å². The van der Waals surface area contributed by atoms with Gasteiger partial charge in [-0.1, -0.05) is 0 Å². The maximum absolute atomic E-state index is 10.8. The second-order valence-electron chi connectivity index (χ2n) is 2.13. The fourth-order valence-corrected chi connectivity index (χ4v) is 0.716. The molecule has 66 valence electrons. The summed E-state index contributed by atoms with van der Waals surface area (Å²) in [6.07, 6.45) is 1.72. The van der Waals surface area contributed by atoms with Crippen LogP contribution >= 0.6 is 0 Å². The Morgan fingerprint density at radius 3 is 3.00 bits per heavy atom. The number of rotatable bonds is 2. The highest BCUT2D eigenvalue weighted by Gasteiger charge is 2.01. The van der Waals surface area contributed by atoms with Crippen LogP contribution in [0.25, 0.3) is 0 Å². The quantitative estimate of drug-likeness (QED) is 0.618. The lowest BCUT2D eigenvalue weighted by atomic mass is 10.6. The van der Waals surface area contributed by atoms with Crippen molar-refractivity contribution in [2.24, 2.45) is 7.05 Å². The van der Waals surface area contributed by atoms with Crippen LogP contribution in [0.15, 0.2) is 12.3 Å². The van der Waals surface area contributed by atoms with Crippen LogP contribution in [0.3, 0.4) is 0 Å². The first-order valence-electron chi connectivity index (χ1n) is 3.32. The molecular formula is C6H10N4O2. The van der Waals surface area contributed by atoms with Crippen LogP contribution in [0.2, 0.25) is 0 Å². The Balaban J connectivity index is 2.46. The standard InChI is InChI=1S/C6H10N4O2/c1-10-4-3-5(8-10)7-6(11)9-12-2/h3-4H,1-2H3,(H2,7,8,9,11). The molecule has 2 N–H and O–H groups in total. The molecule has 0 aliphatic carbocycles. The number of carbonyl (C=O) groups is 1. The summed E-state index contributed by atoms with van der Waals surface area (Å²) in [6.45, 7) is 0. The van der Waals surface area contributed by atoms with Crippen molar-refractivity contribution in [3.05, 3.63) is 12.3 Å². The molecule has 1 rings (SSSR count). The highest BCUT2D eigenvalue weighted by atomic mass is 16.6. The number of carbonyl (C=O) groups excluding carboxylic acids is 1. The summed E-state index contributed by atoms with van der Waals surface area (Å²) in [6, 6.07) is 1.23. The lowest BCUT2D eigenvalue weighted by Gasteiger charge is -2.00. The third kappa shape index (κ3) is 2.24. The van der Waals surface area contributed by atoms with Crippen molar-refractivity contribution in [1.29, 1.82) is 0 Å². The smallest absolute Gasteiger partial charge is 0.289 e. The molecule has 1 aromatic rings. The number of nitrogens with zero attached hydrogens (tertiary/aromatic N) is 2. The zero-order valence-electron chi connectivity index (χ0n) is 6.87. The topological polar surface area (TPSA) is 68.2 Å². The van der Waals surface area contributed by atoms with Crippen LogP contribution in [-0.4, -0.2) is 22.9 Å². The molecular weight excluding hydrogens is 160 g/mol. The Labute approximate surface area is 69.5 Å². The first-order valence-corrected chi connectivity index (χ1v) is 3.32. The molecule has 1 heterocycles. The fraction of sp³-hybridized carbons (Fsp3) is 0.333. The van der Waals surface area contributed by atoms with E-state index in [0.717, 1.165) is 0 Å². The number of anilines is 1. The SMILES string of the molecule is CONC(=O)Nc1ccn(C)n1. The molecule has 12 heavy (non-hydrogen) atoms. The second-order valence-corrected chi connectivity index (χ2v) is 2.13. The van der Waals surface area contributed by atoms with Gasteiger partial charge in [0.1, 0.15) is 0 Å². The summed E-state index contributed by atoms with van der Waals surface area (Å²) in [5.41, 5.74) is 2.10. The van der Waals surface area contributed by atoms with Gasteiger partial charge in [-0.3, -0.25) is 14.8 Å². The normalized spacial score (nSPS) is 9.50. The summed E-state index contributed by atoms with van der Waals surface area (Å²) in [4.78, 5) is 15.2. The maximum Gasteiger partial charge on any atom is 0.344 e. The van der Waals surface area contributed by atoms with Gasteiger partial charge in [0.15, 0.2) is 5.82 Å². The molecule has 6 nitrogen and oxygen atoms in total. The van der Waals surface area contributed by atoms with Crippen LogP contribution in [0.1, 0.15) is 0 Å². The summed E-state index contributed by atoms with van der Waals surface area (Å²) in [7, 11) is 3.12. The summed E-state index contributed by atoms with van der Waals surface area (Å²) >= 11 is 0. The van der Waals surface area contributed by atoms with Gasteiger partial charge in [0, 0.05) is 19.3 Å². The van der Waals surface area contributed by atoms with E-state index in [0.29, 0.717) is 5.82 Å². The molecule has 0 saturated heterocycles. The van der Waals surface area contributed by atoms with Crippen LogP contribution in [0.5, 0.6) is 0 Å². The number of hydroxylamine groups is 1. The van der Waals surface area contributed by atoms with Crippen molar-refractivity contribution >= 4 is 11.8 Å². The average molecular weight is 170 g/mol. The third-order valence-corrected chi connectivity index (χ3v) is 1.15. The molecule has 0 aliphatic heterocycles. The van der Waals surface area contributed by atoms with Crippen LogP contribution in [-0.2, 0) is 11.9 Å². The highest BCUT2D eigenvalue weighted by Crippen LogP contribution is 1.99. The van der Waals surface area contributed by atoms with Gasteiger partial charge >= 0.3 is 6.03 Å². The number of hydrogen-bond donors (Lipinski definition) is 2. The van der Waals surface area contributed by atoms with Crippen molar-refractivity contribution in [3.8, 4) is 0 Å². The molecule has 0 radical (unpaired) electrons. The van der Waals surface area contributed by atoms with Crippen molar-refractivity contribution in [2.45, 2.75) is 0 Å². The Hall–Kier alpha value is -1.56. The van der Waals surface area contributed by atoms with Gasteiger partial charge in [-0.2, -0.15) is 5.10 Å². The summed E-state index contributed by atoms with van der Waals surface area (Å²) < 4.78 is 1.59. The molecule has 6 heteroatoms. The largest absolute Gasteiger partial charge is 0.344 e. The zero-order valence-corrected chi connectivity index (χ0v) is 6.87. The first-order chi connectivity index (χ1) is 5.72. The van der Waals surface area contributed by atoms with Gasteiger partial charge in [0.2, 0.25) is 0 Å². The van der Waals surface area contributed by atoms with Crippen LogP contribution in [0, 0.1) is 0 Å². The number of aryl methyl sites for hydroxylation is 1. The predicted octanol–water partition coefficient (Wildman–Crippen LogP) is 0.103. The Bertz CT molecular complexity index is 270. The van der Waals surface area contributed by atoms with Gasteiger partial charge in [0.05, 0.1) is 7.11 Å². The zero-order chi connectivity index (χ0) is 8.97. The van der Waals surface area contributed by atoms with E-state index in [9.17, 15) is 4.79 Å². The monoisotopic (exact) mass is 170 g/mol. The van der Waals surface area contributed by atoms with E-state index in [2.05, 4.69) is 20.7 Å². The van der Waals surface area contributed by atoms with Crippen molar-refractivity contribution in [2.75, 3.05) is 12.4 Å². The van der Waals surface area contributed by atoms with Crippen LogP contribution in [0.4, 0.5) is 10.6 Å². The predicted molar refractivity (Wildman–Crippen MR) is 42.4 cm³/mol. The lowest BCUT2D eigenvalue weighted by molar-refractivity contribution is 0.114. The number of hydrogen-bond acceptors (Lipinski definition) is 3. The van der Waals surface area contributed by atoms with E-state index in [4.69, 9.17) is 0 Å². The second kappa shape index (κ2) is 3.72. The first kappa shape index (κ1) is 8.54. The van der Waals surface area contributed by atoms with Gasteiger partial charge in [-0.05, 0) is 0 Å². The molecule has 0 fully saturated rings. The Kier molecular flexibility index (Phi) is 2.65. The van der Waals surface area contributed by atoms with E-state index < -0.39 is 6.03 Å². The van der Waals surface area contributed by atoms with Crippen molar-refractivity contribution in [3.63, 3.8) is 0 Å². The van der Waals surface area contributed by atoms with E-state index in [1.165, 1.54) is 7.11 Å². The third-order valence-electron chi connectivity index (χ3n) is 1.15. The average Bonchev–Trinajstić information content (AvgIpc) is 2.36. The van der Waals surface area contributed by atoms with E-state index in [1.807, 2.05) is 0 Å². The molecule has 1 aromatic heterocycles. The molecule has 0 atom stereocenters. The Morgan fingerprint density at radius 2 is 2.50 bits per heavy atom. The molecule has 2 amide bonds. The maximum atomic E-state index is 10.8. The van der Waals surface area contributed by atoms with E-state index in [-0.39, 0.29) is 0 Å². The minimum Gasteiger partial charge on any atom is -0.289 e. The number of urea groups is 1. The van der Waals surface area contributed by atoms with Gasteiger partial charge in [0.25, 0.3) is 0 Å². The number of nitrogens with one attached hydrogen (secondary N) is 2. The molecule has 0 spiro atoms. The highest BCUT2D eigenvalue weighted by molar-refractivity contribution is 5.87. The minimum atomic E-state index is -0.448. The van der Waals surface area contributed by atoms with Crippen molar-refractivity contribution < 1.29 is 9.63 Å². The molecule has 0 unspecified atom stereocenters. The van der Waals surface area contributed by atoms with Crippen LogP contribution < -0.4 is 10.8 Å². The van der Waals surface area contributed by atoms with Gasteiger partial charge < -0.3 is 0 Å². The fourth-order valence-electron chi connectivity index (χ4n) is 0.716.